The summed E-state index contributed by atoms with van der Waals surface area (Å²) < 4.78 is 18.1. The molecule has 0 bridgehead atoms. The molecule has 1 N–H and O–H groups in total. The van der Waals surface area contributed by atoms with Gasteiger partial charge in [0.05, 0.1) is 13.2 Å². The molecule has 1 rings (SSSR count). The lowest BCUT2D eigenvalue weighted by atomic mass is 10.0. The molecule has 1 unspecified atom stereocenters. The van der Waals surface area contributed by atoms with Crippen LogP contribution in [0, 0.1) is 0 Å². The summed E-state index contributed by atoms with van der Waals surface area (Å²) in [6.07, 6.45) is -1.22. The molecule has 0 spiro atoms. The fourth-order valence-electron chi connectivity index (χ4n) is 1.49. The minimum atomic E-state index is -1.42. The van der Waals surface area contributed by atoms with Crippen LogP contribution in [0.1, 0.15) is 13.3 Å². The number of piperidine rings is 1. The number of carboxylic acid groups (broad SMARTS) is 1. The molecule has 16 heavy (non-hydrogen) atoms. The van der Waals surface area contributed by atoms with Crippen molar-refractivity contribution >= 4 is 12.1 Å². The number of alkyl halides is 1. The average molecular weight is 231 g/mol. The van der Waals surface area contributed by atoms with Gasteiger partial charge in [0.25, 0.3) is 0 Å². The van der Waals surface area contributed by atoms with E-state index in [9.17, 15) is 14.0 Å². The molecule has 0 aromatic rings. The summed E-state index contributed by atoms with van der Waals surface area (Å²) in [7, 11) is 0. The van der Waals surface area contributed by atoms with Crippen LogP contribution in [-0.2, 0) is 9.53 Å². The van der Waals surface area contributed by atoms with Gasteiger partial charge in [-0.25, -0.2) is 14.0 Å². The first-order valence-electron chi connectivity index (χ1n) is 5.03. The predicted molar refractivity (Wildman–Crippen MR) is 53.8 cm³/mol. The molecule has 0 saturated carbocycles. The number of ether oxygens (including phenoxy) is 1. The van der Waals surface area contributed by atoms with E-state index in [-0.39, 0.29) is 26.1 Å². The first kappa shape index (κ1) is 12.5. The molecule has 6 heteroatoms. The SMILES string of the molecule is CCOC(=O)C=C1CCN(C(=O)O)CC1F. The first-order valence-corrected chi connectivity index (χ1v) is 5.03. The molecule has 1 fully saturated rings. The topological polar surface area (TPSA) is 66.8 Å². The maximum Gasteiger partial charge on any atom is 0.407 e. The van der Waals surface area contributed by atoms with Crippen molar-refractivity contribution in [3.63, 3.8) is 0 Å². The Balaban J connectivity index is 2.59. The molecule has 0 radical (unpaired) electrons. The van der Waals surface area contributed by atoms with Crippen LogP contribution in [0.15, 0.2) is 11.6 Å². The number of halogens is 1. The number of carbonyl (C=O) groups excluding carboxylic acids is 1. The lowest BCUT2D eigenvalue weighted by Gasteiger charge is -2.28. The van der Waals surface area contributed by atoms with Crippen LogP contribution in [0.3, 0.4) is 0 Å². The van der Waals surface area contributed by atoms with Crippen LogP contribution in [0.2, 0.25) is 0 Å². The number of esters is 1. The van der Waals surface area contributed by atoms with Crippen molar-refractivity contribution in [1.29, 1.82) is 0 Å². The Morgan fingerprint density at radius 1 is 1.69 bits per heavy atom. The molecule has 1 amide bonds. The number of amides is 1. The highest BCUT2D eigenvalue weighted by Gasteiger charge is 2.27. The Morgan fingerprint density at radius 2 is 2.38 bits per heavy atom. The first-order chi connectivity index (χ1) is 7.54. The van der Waals surface area contributed by atoms with E-state index in [4.69, 9.17) is 5.11 Å². The summed E-state index contributed by atoms with van der Waals surface area (Å²) in [5, 5.41) is 8.66. The molecule has 0 aromatic carbocycles. The molecule has 1 heterocycles. The molecule has 1 atom stereocenters. The van der Waals surface area contributed by atoms with E-state index in [0.717, 1.165) is 11.0 Å². The van der Waals surface area contributed by atoms with E-state index in [1.165, 1.54) is 0 Å². The fourth-order valence-corrected chi connectivity index (χ4v) is 1.49. The Hall–Kier alpha value is -1.59. The molecule has 1 aliphatic rings. The molecule has 0 aliphatic carbocycles. The van der Waals surface area contributed by atoms with Crippen molar-refractivity contribution in [1.82, 2.24) is 4.90 Å². The van der Waals surface area contributed by atoms with Crippen molar-refractivity contribution < 1.29 is 23.8 Å². The Bertz CT molecular complexity index is 316. The van der Waals surface area contributed by atoms with Crippen LogP contribution < -0.4 is 0 Å². The van der Waals surface area contributed by atoms with Crippen LogP contribution in [-0.4, -0.2) is 47.9 Å². The number of hydrogen-bond donors (Lipinski definition) is 1. The van der Waals surface area contributed by atoms with Gasteiger partial charge < -0.3 is 14.7 Å². The monoisotopic (exact) mass is 231 g/mol. The Labute approximate surface area is 92.5 Å². The number of likely N-dealkylation sites (tertiary alicyclic amines) is 1. The third kappa shape index (κ3) is 3.22. The van der Waals surface area contributed by atoms with E-state index in [2.05, 4.69) is 4.74 Å². The van der Waals surface area contributed by atoms with Crippen molar-refractivity contribution in [3.8, 4) is 0 Å². The maximum absolute atomic E-state index is 13.5. The third-order valence-electron chi connectivity index (χ3n) is 2.31. The molecule has 0 aromatic heterocycles. The summed E-state index contributed by atoms with van der Waals surface area (Å²) in [6.45, 7) is 1.89. The Kier molecular flexibility index (Phi) is 4.28. The summed E-state index contributed by atoms with van der Waals surface area (Å²) >= 11 is 0. The second-order valence-corrected chi connectivity index (χ2v) is 3.42. The van der Waals surface area contributed by atoms with Crippen LogP contribution in [0.4, 0.5) is 9.18 Å². The zero-order chi connectivity index (χ0) is 12.1. The van der Waals surface area contributed by atoms with Gasteiger partial charge in [-0.05, 0) is 18.9 Å². The van der Waals surface area contributed by atoms with Gasteiger partial charge >= 0.3 is 12.1 Å². The summed E-state index contributed by atoms with van der Waals surface area (Å²) in [5.74, 6) is -0.580. The zero-order valence-corrected chi connectivity index (χ0v) is 8.98. The molecule has 90 valence electrons. The second kappa shape index (κ2) is 5.48. The van der Waals surface area contributed by atoms with Gasteiger partial charge in [-0.15, -0.1) is 0 Å². The van der Waals surface area contributed by atoms with E-state index in [0.29, 0.717) is 5.57 Å². The van der Waals surface area contributed by atoms with Gasteiger partial charge in [0.15, 0.2) is 0 Å². The number of carbonyl (C=O) groups is 2. The highest BCUT2D eigenvalue weighted by molar-refractivity contribution is 5.83. The van der Waals surface area contributed by atoms with Gasteiger partial charge in [0.1, 0.15) is 6.17 Å². The smallest absolute Gasteiger partial charge is 0.407 e. The minimum absolute atomic E-state index is 0.209. The molecule has 1 aliphatic heterocycles. The Morgan fingerprint density at radius 3 is 2.88 bits per heavy atom. The standard InChI is InChI=1S/C10H14FNO4/c1-2-16-9(13)5-7-3-4-12(10(14)15)6-8(7)11/h5,8H,2-4,6H2,1H3,(H,14,15). The van der Waals surface area contributed by atoms with Crippen LogP contribution in [0.25, 0.3) is 0 Å². The molecular formula is C10H14FNO4. The van der Waals surface area contributed by atoms with Gasteiger partial charge in [0, 0.05) is 12.6 Å². The lowest BCUT2D eigenvalue weighted by molar-refractivity contribution is -0.137. The van der Waals surface area contributed by atoms with Crippen molar-refractivity contribution in [2.24, 2.45) is 0 Å². The minimum Gasteiger partial charge on any atom is -0.465 e. The normalized spacial score (nSPS) is 23.2. The van der Waals surface area contributed by atoms with Crippen LogP contribution >= 0.6 is 0 Å². The quantitative estimate of drug-likeness (QED) is 0.572. The van der Waals surface area contributed by atoms with E-state index >= 15 is 0 Å². The van der Waals surface area contributed by atoms with Gasteiger partial charge in [-0.1, -0.05) is 0 Å². The number of nitrogens with zero attached hydrogens (tertiary/aromatic N) is 1. The summed E-state index contributed by atoms with van der Waals surface area (Å²) in [5.41, 5.74) is 0.302. The number of hydrogen-bond acceptors (Lipinski definition) is 3. The largest absolute Gasteiger partial charge is 0.465 e. The van der Waals surface area contributed by atoms with Crippen molar-refractivity contribution in [2.45, 2.75) is 19.5 Å². The highest BCUT2D eigenvalue weighted by atomic mass is 19.1. The van der Waals surface area contributed by atoms with E-state index in [1.54, 1.807) is 6.92 Å². The zero-order valence-electron chi connectivity index (χ0n) is 8.98. The van der Waals surface area contributed by atoms with E-state index < -0.39 is 18.2 Å². The maximum atomic E-state index is 13.5. The molecule has 5 nitrogen and oxygen atoms in total. The summed E-state index contributed by atoms with van der Waals surface area (Å²) in [6, 6.07) is 0. The fraction of sp³-hybridized carbons (Fsp3) is 0.600. The predicted octanol–water partition coefficient (Wildman–Crippen LogP) is 1.20. The molecule has 1 saturated heterocycles. The average Bonchev–Trinajstić information content (AvgIpc) is 2.21. The van der Waals surface area contributed by atoms with Gasteiger partial charge in [-0.3, -0.25) is 0 Å². The van der Waals surface area contributed by atoms with Crippen molar-refractivity contribution in [3.05, 3.63) is 11.6 Å². The number of rotatable bonds is 2. The van der Waals surface area contributed by atoms with Gasteiger partial charge in [0.2, 0.25) is 0 Å². The van der Waals surface area contributed by atoms with Crippen LogP contribution in [0.5, 0.6) is 0 Å². The van der Waals surface area contributed by atoms with Crippen molar-refractivity contribution in [2.75, 3.05) is 19.7 Å². The van der Waals surface area contributed by atoms with E-state index in [1.807, 2.05) is 0 Å². The highest BCUT2D eigenvalue weighted by Crippen LogP contribution is 2.19. The second-order valence-electron chi connectivity index (χ2n) is 3.42. The molecular weight excluding hydrogens is 217 g/mol. The lowest BCUT2D eigenvalue weighted by Crippen LogP contribution is -2.41. The third-order valence-corrected chi connectivity index (χ3v) is 2.31. The summed E-state index contributed by atoms with van der Waals surface area (Å²) in [4.78, 5) is 22.6. The van der Waals surface area contributed by atoms with Gasteiger partial charge in [-0.2, -0.15) is 0 Å².